The fourth-order valence-electron chi connectivity index (χ4n) is 5.71. The molecule has 3 aromatic rings. The van der Waals surface area contributed by atoms with Crippen molar-refractivity contribution in [3.8, 4) is 23.0 Å². The van der Waals surface area contributed by atoms with Gasteiger partial charge >= 0.3 is 0 Å². The van der Waals surface area contributed by atoms with E-state index >= 15 is 0 Å². The number of carbonyl (C=O) groups excluding carboxylic acids is 2. The number of nitrogens with zero attached hydrogens (tertiary/aromatic N) is 2. The first kappa shape index (κ1) is 35.7. The molecule has 0 bridgehead atoms. The highest BCUT2D eigenvalue weighted by Crippen LogP contribution is 2.38. The van der Waals surface area contributed by atoms with E-state index in [2.05, 4.69) is 5.32 Å². The Morgan fingerprint density at radius 2 is 1.55 bits per heavy atom. The van der Waals surface area contributed by atoms with Crippen molar-refractivity contribution in [2.45, 2.75) is 62.6 Å². The zero-order chi connectivity index (χ0) is 34.1. The fraction of sp³-hybridized carbons (Fsp3) is 0.412. The summed E-state index contributed by atoms with van der Waals surface area (Å²) in [7, 11) is 1.23. The molecule has 0 heterocycles. The van der Waals surface area contributed by atoms with Crippen LogP contribution in [0.15, 0.2) is 65.6 Å². The number of amides is 2. The molecule has 47 heavy (non-hydrogen) atoms. The van der Waals surface area contributed by atoms with Gasteiger partial charge in [0.05, 0.1) is 39.0 Å². The van der Waals surface area contributed by atoms with Crippen LogP contribution in [0, 0.1) is 0 Å². The lowest BCUT2D eigenvalue weighted by Crippen LogP contribution is -2.53. The summed E-state index contributed by atoms with van der Waals surface area (Å²) in [5.41, 5.74) is 0.680. The van der Waals surface area contributed by atoms with Gasteiger partial charge in [0.1, 0.15) is 24.1 Å². The second-order valence-corrected chi connectivity index (χ2v) is 13.4. The van der Waals surface area contributed by atoms with Crippen LogP contribution in [0.3, 0.4) is 0 Å². The average molecular weight is 688 g/mol. The molecule has 0 saturated heterocycles. The molecule has 0 spiro atoms. The van der Waals surface area contributed by atoms with Crippen LogP contribution in [0.5, 0.6) is 23.0 Å². The number of rotatable bonds is 15. The van der Waals surface area contributed by atoms with Crippen molar-refractivity contribution in [1.29, 1.82) is 0 Å². The topological polar surface area (TPSA) is 124 Å². The average Bonchev–Trinajstić information content (AvgIpc) is 3.60. The molecule has 1 N–H and O–H groups in total. The van der Waals surface area contributed by atoms with Crippen molar-refractivity contribution in [3.05, 3.63) is 71.2 Å². The number of nitrogens with one attached hydrogen (secondary N) is 1. The summed E-state index contributed by atoms with van der Waals surface area (Å²) in [6.07, 6.45) is 4.07. The second kappa shape index (κ2) is 16.1. The largest absolute Gasteiger partial charge is 0.497 e. The Morgan fingerprint density at radius 1 is 0.894 bits per heavy atom. The molecule has 0 aliphatic heterocycles. The van der Waals surface area contributed by atoms with E-state index in [0.717, 1.165) is 30.0 Å². The van der Waals surface area contributed by atoms with Crippen LogP contribution >= 0.6 is 11.6 Å². The van der Waals surface area contributed by atoms with Gasteiger partial charge in [0, 0.05) is 29.7 Å². The van der Waals surface area contributed by atoms with Crippen molar-refractivity contribution in [2.75, 3.05) is 39.3 Å². The number of sulfonamides is 1. The zero-order valence-electron chi connectivity index (χ0n) is 27.3. The fourth-order valence-corrected chi connectivity index (χ4v) is 7.33. The maximum atomic E-state index is 14.5. The number of hydrogen-bond donors (Lipinski definition) is 1. The highest BCUT2D eigenvalue weighted by molar-refractivity contribution is 7.92. The van der Waals surface area contributed by atoms with Crippen LogP contribution < -0.4 is 28.6 Å². The first-order chi connectivity index (χ1) is 22.6. The van der Waals surface area contributed by atoms with E-state index in [1.807, 2.05) is 6.92 Å². The van der Waals surface area contributed by atoms with Crippen molar-refractivity contribution < 1.29 is 37.0 Å². The third kappa shape index (κ3) is 8.23. The molecule has 13 heteroatoms. The monoisotopic (exact) mass is 687 g/mol. The van der Waals surface area contributed by atoms with Crippen molar-refractivity contribution in [3.63, 3.8) is 0 Å². The lowest BCUT2D eigenvalue weighted by atomic mass is 10.1. The van der Waals surface area contributed by atoms with Crippen LogP contribution in [0.1, 0.15) is 44.6 Å². The third-order valence-electron chi connectivity index (χ3n) is 8.26. The predicted molar refractivity (Wildman–Crippen MR) is 180 cm³/mol. The summed E-state index contributed by atoms with van der Waals surface area (Å²) in [6.45, 7) is 1.13. The molecule has 1 fully saturated rings. The molecular formula is C34H42ClN3O8S. The first-order valence-corrected chi connectivity index (χ1v) is 17.2. The Labute approximate surface area is 281 Å². The summed E-state index contributed by atoms with van der Waals surface area (Å²) < 4.78 is 51.6. The van der Waals surface area contributed by atoms with Gasteiger partial charge in [-0.15, -0.1) is 0 Å². The highest BCUT2D eigenvalue weighted by Gasteiger charge is 2.36. The minimum absolute atomic E-state index is 0.0193. The lowest BCUT2D eigenvalue weighted by Gasteiger charge is -2.34. The van der Waals surface area contributed by atoms with Crippen LogP contribution in [0.2, 0.25) is 5.02 Å². The molecule has 0 radical (unpaired) electrons. The van der Waals surface area contributed by atoms with Crippen LogP contribution in [-0.4, -0.2) is 72.2 Å². The quantitative estimate of drug-likeness (QED) is 0.224. The Morgan fingerprint density at radius 3 is 2.17 bits per heavy atom. The Bertz CT molecular complexity index is 1660. The maximum Gasteiger partial charge on any atom is 0.265 e. The van der Waals surface area contributed by atoms with E-state index in [1.54, 1.807) is 36.4 Å². The number of ether oxygens (including phenoxy) is 4. The van der Waals surface area contributed by atoms with Gasteiger partial charge < -0.3 is 29.2 Å². The van der Waals surface area contributed by atoms with Gasteiger partial charge in [0.2, 0.25) is 11.8 Å². The maximum absolute atomic E-state index is 14.5. The second-order valence-electron chi connectivity index (χ2n) is 11.1. The lowest BCUT2D eigenvalue weighted by molar-refractivity contribution is -0.140. The number of hydrogen-bond acceptors (Lipinski definition) is 8. The van der Waals surface area contributed by atoms with E-state index in [1.165, 1.54) is 57.6 Å². The molecule has 0 unspecified atom stereocenters. The van der Waals surface area contributed by atoms with E-state index in [9.17, 15) is 18.0 Å². The Hall–Kier alpha value is -4.16. The molecular weight excluding hydrogens is 646 g/mol. The smallest absolute Gasteiger partial charge is 0.265 e. The van der Waals surface area contributed by atoms with Gasteiger partial charge in [-0.25, -0.2) is 8.42 Å². The highest BCUT2D eigenvalue weighted by atomic mass is 35.5. The molecule has 1 aliphatic rings. The SMILES string of the molecule is CC[C@@H](C(=O)NC1CCCC1)N(Cc1ccccc1Cl)C(=O)CN(c1cc(OC)ccc1OC)S(=O)(=O)c1ccc(OC)c(OC)c1. The molecule has 11 nitrogen and oxygen atoms in total. The van der Waals surface area contributed by atoms with Gasteiger partial charge in [0.25, 0.3) is 10.0 Å². The van der Waals surface area contributed by atoms with Crippen LogP contribution in [0.4, 0.5) is 5.69 Å². The molecule has 254 valence electrons. The van der Waals surface area contributed by atoms with Crippen molar-refractivity contribution in [1.82, 2.24) is 10.2 Å². The number of methoxy groups -OCH3 is 4. The van der Waals surface area contributed by atoms with E-state index < -0.39 is 28.5 Å². The summed E-state index contributed by atoms with van der Waals surface area (Å²) >= 11 is 6.52. The molecule has 4 rings (SSSR count). The number of carbonyl (C=O) groups is 2. The van der Waals surface area contributed by atoms with Gasteiger partial charge in [-0.3, -0.25) is 13.9 Å². The van der Waals surface area contributed by atoms with E-state index in [-0.39, 0.29) is 40.6 Å². The van der Waals surface area contributed by atoms with Crippen LogP contribution in [-0.2, 0) is 26.2 Å². The molecule has 1 saturated carbocycles. The summed E-state index contributed by atoms with van der Waals surface area (Å²) in [6, 6.07) is 15.0. The predicted octanol–water partition coefficient (Wildman–Crippen LogP) is 5.44. The van der Waals surface area contributed by atoms with Gasteiger partial charge in [-0.2, -0.15) is 0 Å². The molecule has 2 amide bonds. The first-order valence-electron chi connectivity index (χ1n) is 15.4. The minimum atomic E-state index is -4.46. The third-order valence-corrected chi connectivity index (χ3v) is 10.4. The number of halogens is 1. The van der Waals surface area contributed by atoms with E-state index in [4.69, 9.17) is 30.5 Å². The van der Waals surface area contributed by atoms with Crippen molar-refractivity contribution >= 4 is 39.1 Å². The molecule has 1 atom stereocenters. The Balaban J connectivity index is 1.83. The molecule has 3 aromatic carbocycles. The minimum Gasteiger partial charge on any atom is -0.497 e. The van der Waals surface area contributed by atoms with Gasteiger partial charge in [-0.1, -0.05) is 49.6 Å². The van der Waals surface area contributed by atoms with Gasteiger partial charge in [-0.05, 0) is 55.2 Å². The Kier molecular flexibility index (Phi) is 12.2. The normalized spacial score (nSPS) is 13.8. The molecule has 0 aromatic heterocycles. The number of benzene rings is 3. The van der Waals surface area contributed by atoms with Crippen LogP contribution in [0.25, 0.3) is 0 Å². The molecule has 1 aliphatic carbocycles. The summed E-state index contributed by atoms with van der Waals surface area (Å²) in [5, 5.41) is 3.52. The standard InChI is InChI=1S/C34H42ClN3O8S/c1-6-28(34(40)36-24-12-8-9-13-24)37(21-23-11-7-10-14-27(23)35)33(39)22-38(29-19-25(43-2)15-17-30(29)44-3)47(41,42)26-16-18-31(45-4)32(20-26)46-5/h7,10-11,14-20,24,28H,6,8-9,12-13,21-22H2,1-5H3,(H,36,40)/t28-/m0/s1. The van der Waals surface area contributed by atoms with Gasteiger partial charge in [0.15, 0.2) is 11.5 Å². The summed E-state index contributed by atoms with van der Waals surface area (Å²) in [5.74, 6) is 0.133. The van der Waals surface area contributed by atoms with E-state index in [0.29, 0.717) is 28.5 Å². The van der Waals surface area contributed by atoms with Crippen molar-refractivity contribution in [2.24, 2.45) is 0 Å². The summed E-state index contributed by atoms with van der Waals surface area (Å²) in [4.78, 5) is 29.5. The number of anilines is 1. The zero-order valence-corrected chi connectivity index (χ0v) is 28.9.